The molecule has 3 nitrogen and oxygen atoms in total. The molecule has 1 aliphatic heterocycles. The molecule has 0 aliphatic carbocycles. The molecule has 1 atom stereocenters. The fourth-order valence-corrected chi connectivity index (χ4v) is 1.70. The summed E-state index contributed by atoms with van der Waals surface area (Å²) in [6.45, 7) is 0.681. The second-order valence-corrected chi connectivity index (χ2v) is 3.98. The average Bonchev–Trinajstić information content (AvgIpc) is 2.39. The van der Waals surface area contributed by atoms with Gasteiger partial charge in [0.25, 0.3) is 0 Å². The summed E-state index contributed by atoms with van der Waals surface area (Å²) >= 11 is 0. The van der Waals surface area contributed by atoms with Gasteiger partial charge in [0.1, 0.15) is 0 Å². The lowest BCUT2D eigenvalue weighted by Gasteiger charge is -2.21. The van der Waals surface area contributed by atoms with Crippen molar-refractivity contribution in [2.24, 2.45) is 0 Å². The molecule has 1 saturated heterocycles. The first-order valence-electron chi connectivity index (χ1n) is 5.90. The highest BCUT2D eigenvalue weighted by molar-refractivity contribution is 5.87. The maximum atomic E-state index is 11.5. The Hall–Kier alpha value is -1.61. The Kier molecular flexibility index (Phi) is 4.33. The Balaban J connectivity index is 1.82. The van der Waals surface area contributed by atoms with E-state index in [1.807, 2.05) is 30.3 Å². The zero-order valence-electron chi connectivity index (χ0n) is 9.67. The maximum Gasteiger partial charge on any atom is 0.333 e. The summed E-state index contributed by atoms with van der Waals surface area (Å²) in [4.78, 5) is 11.5. The molecule has 1 heterocycles. The van der Waals surface area contributed by atoms with Crippen LogP contribution in [-0.4, -0.2) is 18.9 Å². The smallest absolute Gasteiger partial charge is 0.333 e. The molecule has 1 fully saturated rings. The molecular formula is C14H16O3. The highest BCUT2D eigenvalue weighted by Crippen LogP contribution is 2.14. The van der Waals surface area contributed by atoms with Crippen molar-refractivity contribution in [3.05, 3.63) is 42.0 Å². The quantitative estimate of drug-likeness (QED) is 0.593. The fourth-order valence-electron chi connectivity index (χ4n) is 1.70. The summed E-state index contributed by atoms with van der Waals surface area (Å²) in [5.41, 5.74) is 0.981. The monoisotopic (exact) mass is 232 g/mol. The first-order chi connectivity index (χ1) is 8.34. The molecule has 90 valence electrons. The van der Waals surface area contributed by atoms with Crippen molar-refractivity contribution in [3.8, 4) is 0 Å². The summed E-state index contributed by atoms with van der Waals surface area (Å²) < 4.78 is 10.5. The molecule has 0 bridgehead atoms. The predicted molar refractivity (Wildman–Crippen MR) is 65.2 cm³/mol. The third-order valence-corrected chi connectivity index (χ3v) is 2.60. The van der Waals surface area contributed by atoms with Crippen LogP contribution in [0.1, 0.15) is 24.8 Å². The van der Waals surface area contributed by atoms with E-state index >= 15 is 0 Å². The summed E-state index contributed by atoms with van der Waals surface area (Å²) in [6.07, 6.45) is 5.72. The molecule has 0 spiro atoms. The Morgan fingerprint density at radius 2 is 2.12 bits per heavy atom. The Morgan fingerprint density at radius 1 is 1.29 bits per heavy atom. The van der Waals surface area contributed by atoms with E-state index < -0.39 is 0 Å². The van der Waals surface area contributed by atoms with Crippen molar-refractivity contribution in [1.29, 1.82) is 0 Å². The lowest BCUT2D eigenvalue weighted by atomic mass is 10.2. The van der Waals surface area contributed by atoms with Crippen LogP contribution in [0.4, 0.5) is 0 Å². The summed E-state index contributed by atoms with van der Waals surface area (Å²) in [6, 6.07) is 9.65. The van der Waals surface area contributed by atoms with Crippen molar-refractivity contribution >= 4 is 12.0 Å². The number of carbonyl (C=O) groups excluding carboxylic acids is 1. The number of hydrogen-bond donors (Lipinski definition) is 0. The fraction of sp³-hybridized carbons (Fsp3) is 0.357. The van der Waals surface area contributed by atoms with E-state index in [1.165, 1.54) is 6.08 Å². The van der Waals surface area contributed by atoms with E-state index in [4.69, 9.17) is 9.47 Å². The van der Waals surface area contributed by atoms with Crippen molar-refractivity contribution < 1.29 is 14.3 Å². The zero-order valence-corrected chi connectivity index (χ0v) is 9.67. The minimum atomic E-state index is -0.364. The van der Waals surface area contributed by atoms with Crippen molar-refractivity contribution in [2.45, 2.75) is 25.6 Å². The molecule has 0 saturated carbocycles. The van der Waals surface area contributed by atoms with E-state index in [-0.39, 0.29) is 12.3 Å². The van der Waals surface area contributed by atoms with E-state index in [0.717, 1.165) is 24.8 Å². The standard InChI is InChI=1S/C14H16O3/c15-13(17-14-8-4-5-11-16-14)10-9-12-6-2-1-3-7-12/h1-3,6-7,9-10,14H,4-5,8,11H2. The van der Waals surface area contributed by atoms with E-state index in [0.29, 0.717) is 6.61 Å². The molecular weight excluding hydrogens is 216 g/mol. The van der Waals surface area contributed by atoms with Crippen LogP contribution in [0, 0.1) is 0 Å². The second-order valence-electron chi connectivity index (χ2n) is 3.98. The van der Waals surface area contributed by atoms with Crippen molar-refractivity contribution in [1.82, 2.24) is 0 Å². The number of benzene rings is 1. The van der Waals surface area contributed by atoms with E-state index in [2.05, 4.69) is 0 Å². The largest absolute Gasteiger partial charge is 0.433 e. The Morgan fingerprint density at radius 3 is 2.82 bits per heavy atom. The van der Waals surface area contributed by atoms with Crippen LogP contribution in [0.5, 0.6) is 0 Å². The van der Waals surface area contributed by atoms with Crippen LogP contribution in [0.15, 0.2) is 36.4 Å². The first-order valence-corrected chi connectivity index (χ1v) is 5.90. The van der Waals surface area contributed by atoms with Crippen molar-refractivity contribution in [2.75, 3.05) is 6.61 Å². The molecule has 1 aromatic rings. The molecule has 1 aliphatic rings. The van der Waals surface area contributed by atoms with Crippen LogP contribution >= 0.6 is 0 Å². The Labute approximate surface area is 101 Å². The second kappa shape index (κ2) is 6.21. The van der Waals surface area contributed by atoms with Gasteiger partial charge in [-0.2, -0.15) is 0 Å². The van der Waals surface area contributed by atoms with Gasteiger partial charge in [-0.1, -0.05) is 30.3 Å². The van der Waals surface area contributed by atoms with E-state index in [1.54, 1.807) is 6.08 Å². The van der Waals surface area contributed by atoms with Gasteiger partial charge in [-0.15, -0.1) is 0 Å². The summed E-state index contributed by atoms with van der Waals surface area (Å²) in [5, 5.41) is 0. The zero-order chi connectivity index (χ0) is 11.9. The molecule has 0 aromatic heterocycles. The van der Waals surface area contributed by atoms with Gasteiger partial charge in [0.2, 0.25) is 6.29 Å². The lowest BCUT2D eigenvalue weighted by Crippen LogP contribution is -2.24. The van der Waals surface area contributed by atoms with Crippen LogP contribution in [-0.2, 0) is 14.3 Å². The predicted octanol–water partition coefficient (Wildman–Crippen LogP) is 2.77. The molecule has 2 rings (SSSR count). The Bertz CT molecular complexity index is 378. The van der Waals surface area contributed by atoms with Gasteiger partial charge in [-0.3, -0.25) is 0 Å². The molecule has 0 radical (unpaired) electrons. The summed E-state index contributed by atoms with van der Waals surface area (Å²) in [5.74, 6) is -0.347. The van der Waals surface area contributed by atoms with Gasteiger partial charge in [0.15, 0.2) is 0 Å². The van der Waals surface area contributed by atoms with Gasteiger partial charge in [0.05, 0.1) is 6.61 Å². The molecule has 0 N–H and O–H groups in total. The third-order valence-electron chi connectivity index (χ3n) is 2.60. The molecule has 17 heavy (non-hydrogen) atoms. The number of esters is 1. The number of ether oxygens (including phenoxy) is 2. The van der Waals surface area contributed by atoms with Crippen LogP contribution in [0.25, 0.3) is 6.08 Å². The van der Waals surface area contributed by atoms with Gasteiger partial charge in [-0.25, -0.2) is 4.79 Å². The highest BCUT2D eigenvalue weighted by atomic mass is 16.7. The normalized spacial score (nSPS) is 20.4. The van der Waals surface area contributed by atoms with E-state index in [9.17, 15) is 4.79 Å². The van der Waals surface area contributed by atoms with Gasteiger partial charge >= 0.3 is 5.97 Å². The van der Waals surface area contributed by atoms with Crippen LogP contribution < -0.4 is 0 Å². The van der Waals surface area contributed by atoms with Gasteiger partial charge in [-0.05, 0) is 24.5 Å². The minimum absolute atomic E-state index is 0.347. The average molecular weight is 232 g/mol. The lowest BCUT2D eigenvalue weighted by molar-refractivity contribution is -0.181. The van der Waals surface area contributed by atoms with Crippen LogP contribution in [0.2, 0.25) is 0 Å². The number of rotatable bonds is 3. The number of carbonyl (C=O) groups is 1. The van der Waals surface area contributed by atoms with Crippen LogP contribution in [0.3, 0.4) is 0 Å². The van der Waals surface area contributed by atoms with Gasteiger partial charge in [0, 0.05) is 12.5 Å². The topological polar surface area (TPSA) is 35.5 Å². The SMILES string of the molecule is O=C(C=Cc1ccccc1)OC1CCCCO1. The van der Waals surface area contributed by atoms with Gasteiger partial charge < -0.3 is 9.47 Å². The molecule has 1 unspecified atom stereocenters. The number of hydrogen-bond acceptors (Lipinski definition) is 3. The maximum absolute atomic E-state index is 11.5. The minimum Gasteiger partial charge on any atom is -0.433 e. The molecule has 0 amide bonds. The molecule has 3 heteroatoms. The third kappa shape index (κ3) is 4.04. The van der Waals surface area contributed by atoms with Crippen molar-refractivity contribution in [3.63, 3.8) is 0 Å². The highest BCUT2D eigenvalue weighted by Gasteiger charge is 2.16. The molecule has 1 aromatic carbocycles. The summed E-state index contributed by atoms with van der Waals surface area (Å²) in [7, 11) is 0. The first kappa shape index (κ1) is 11.9.